The lowest BCUT2D eigenvalue weighted by Gasteiger charge is -2.20. The molecule has 1 atom stereocenters. The van der Waals surface area contributed by atoms with Crippen LogP contribution in [0.5, 0.6) is 0 Å². The fourth-order valence-electron chi connectivity index (χ4n) is 1.70. The minimum absolute atomic E-state index is 0.0282. The molecule has 5 heteroatoms. The summed E-state index contributed by atoms with van der Waals surface area (Å²) in [5.41, 5.74) is 0.637. The van der Waals surface area contributed by atoms with Crippen molar-refractivity contribution < 1.29 is 19.0 Å². The Morgan fingerprint density at radius 3 is 2.63 bits per heavy atom. The number of rotatable bonds is 6. The van der Waals surface area contributed by atoms with Crippen LogP contribution in [-0.2, 0) is 11.3 Å². The van der Waals surface area contributed by atoms with E-state index in [2.05, 4.69) is 10.1 Å². The van der Waals surface area contributed by atoms with Crippen molar-refractivity contribution in [1.29, 1.82) is 0 Å². The predicted molar refractivity (Wildman–Crippen MR) is 70.3 cm³/mol. The van der Waals surface area contributed by atoms with Crippen molar-refractivity contribution in [3.63, 3.8) is 0 Å². The van der Waals surface area contributed by atoms with Gasteiger partial charge in [-0.05, 0) is 23.6 Å². The zero-order chi connectivity index (χ0) is 14.4. The van der Waals surface area contributed by atoms with Gasteiger partial charge >= 0.3 is 5.97 Å². The summed E-state index contributed by atoms with van der Waals surface area (Å²) in [6.07, 6.45) is 0. The van der Waals surface area contributed by atoms with E-state index in [-0.39, 0.29) is 24.1 Å². The minimum atomic E-state index is -0.688. The molecule has 0 heterocycles. The number of carbonyl (C=O) groups excluding carboxylic acids is 1. The Bertz CT molecular complexity index is 435. The number of carbonyl (C=O) groups is 1. The molecule has 0 bridgehead atoms. The van der Waals surface area contributed by atoms with Crippen molar-refractivity contribution in [1.82, 2.24) is 5.32 Å². The van der Waals surface area contributed by atoms with Gasteiger partial charge in [-0.2, -0.15) is 0 Å². The van der Waals surface area contributed by atoms with Crippen molar-refractivity contribution in [3.8, 4) is 0 Å². The van der Waals surface area contributed by atoms with Gasteiger partial charge in [0.15, 0.2) is 0 Å². The Kier molecular flexibility index (Phi) is 5.92. The van der Waals surface area contributed by atoms with Crippen LogP contribution in [0.4, 0.5) is 4.39 Å². The molecule has 1 rings (SSSR count). The van der Waals surface area contributed by atoms with Crippen LogP contribution in [0.1, 0.15) is 29.8 Å². The van der Waals surface area contributed by atoms with E-state index in [1.54, 1.807) is 6.07 Å². The van der Waals surface area contributed by atoms with E-state index in [4.69, 9.17) is 0 Å². The molecule has 0 aromatic heterocycles. The lowest BCUT2D eigenvalue weighted by atomic mass is 10.0. The molecule has 1 aromatic rings. The van der Waals surface area contributed by atoms with Gasteiger partial charge in [0.1, 0.15) is 5.82 Å². The fraction of sp³-hybridized carbons (Fsp3) is 0.500. The SMILES string of the molecule is COC(=O)c1ccc(CNC(CO)C(C)C)cc1F. The van der Waals surface area contributed by atoms with Gasteiger partial charge < -0.3 is 15.2 Å². The molecule has 2 N–H and O–H groups in total. The zero-order valence-electron chi connectivity index (χ0n) is 11.4. The first-order valence-corrected chi connectivity index (χ1v) is 6.20. The van der Waals surface area contributed by atoms with E-state index in [9.17, 15) is 14.3 Å². The first-order chi connectivity index (χ1) is 8.99. The molecule has 0 aliphatic rings. The number of halogens is 1. The molecule has 0 aliphatic heterocycles. The lowest BCUT2D eigenvalue weighted by molar-refractivity contribution is 0.0595. The third-order valence-corrected chi connectivity index (χ3v) is 3.01. The van der Waals surface area contributed by atoms with E-state index in [1.165, 1.54) is 19.2 Å². The number of hydrogen-bond donors (Lipinski definition) is 2. The molecule has 0 fully saturated rings. The summed E-state index contributed by atoms with van der Waals surface area (Å²) in [6.45, 7) is 4.45. The van der Waals surface area contributed by atoms with Crippen molar-refractivity contribution in [2.45, 2.75) is 26.4 Å². The van der Waals surface area contributed by atoms with Gasteiger partial charge in [-0.25, -0.2) is 9.18 Å². The van der Waals surface area contributed by atoms with Gasteiger partial charge in [-0.15, -0.1) is 0 Å². The highest BCUT2D eigenvalue weighted by atomic mass is 19.1. The number of esters is 1. The van der Waals surface area contributed by atoms with Gasteiger partial charge in [0, 0.05) is 12.6 Å². The maximum Gasteiger partial charge on any atom is 0.340 e. The maximum atomic E-state index is 13.7. The predicted octanol–water partition coefficient (Wildman–Crippen LogP) is 1.72. The second kappa shape index (κ2) is 7.21. The zero-order valence-corrected chi connectivity index (χ0v) is 11.4. The summed E-state index contributed by atoms with van der Waals surface area (Å²) in [5.74, 6) is -1.01. The summed E-state index contributed by atoms with van der Waals surface area (Å²) in [4.78, 5) is 11.2. The van der Waals surface area contributed by atoms with Crippen LogP contribution in [-0.4, -0.2) is 30.8 Å². The highest BCUT2D eigenvalue weighted by molar-refractivity contribution is 5.89. The first-order valence-electron chi connectivity index (χ1n) is 6.20. The average molecular weight is 269 g/mol. The van der Waals surface area contributed by atoms with E-state index >= 15 is 0 Å². The van der Waals surface area contributed by atoms with Crippen LogP contribution in [0.3, 0.4) is 0 Å². The topological polar surface area (TPSA) is 58.6 Å². The second-order valence-corrected chi connectivity index (χ2v) is 4.72. The van der Waals surface area contributed by atoms with E-state index in [0.717, 1.165) is 0 Å². The number of nitrogens with one attached hydrogen (secondary N) is 1. The average Bonchev–Trinajstić information content (AvgIpc) is 2.38. The Morgan fingerprint density at radius 2 is 2.16 bits per heavy atom. The van der Waals surface area contributed by atoms with Crippen LogP contribution < -0.4 is 5.32 Å². The number of ether oxygens (including phenoxy) is 1. The van der Waals surface area contributed by atoms with Gasteiger partial charge in [0.25, 0.3) is 0 Å². The van der Waals surface area contributed by atoms with Crippen LogP contribution >= 0.6 is 0 Å². The van der Waals surface area contributed by atoms with Crippen molar-refractivity contribution in [2.75, 3.05) is 13.7 Å². The molecule has 0 saturated carbocycles. The minimum Gasteiger partial charge on any atom is -0.465 e. The van der Waals surface area contributed by atoms with Crippen molar-refractivity contribution >= 4 is 5.97 Å². The fourth-order valence-corrected chi connectivity index (χ4v) is 1.70. The summed E-state index contributed by atoms with van der Waals surface area (Å²) >= 11 is 0. The number of aliphatic hydroxyl groups excluding tert-OH is 1. The monoisotopic (exact) mass is 269 g/mol. The molecule has 4 nitrogen and oxygen atoms in total. The van der Waals surface area contributed by atoms with Crippen molar-refractivity contribution in [3.05, 3.63) is 35.1 Å². The van der Waals surface area contributed by atoms with Crippen LogP contribution in [0.25, 0.3) is 0 Å². The Balaban J connectivity index is 2.71. The Hall–Kier alpha value is -1.46. The molecule has 1 unspecified atom stereocenters. The molecule has 0 saturated heterocycles. The highest BCUT2D eigenvalue weighted by Gasteiger charge is 2.14. The van der Waals surface area contributed by atoms with E-state index in [1.807, 2.05) is 13.8 Å². The Labute approximate surface area is 112 Å². The third kappa shape index (κ3) is 4.29. The van der Waals surface area contributed by atoms with Crippen LogP contribution in [0, 0.1) is 11.7 Å². The summed E-state index contributed by atoms with van der Waals surface area (Å²) < 4.78 is 18.2. The smallest absolute Gasteiger partial charge is 0.340 e. The van der Waals surface area contributed by atoms with Gasteiger partial charge in [-0.3, -0.25) is 0 Å². The molecule has 0 spiro atoms. The standard InChI is InChI=1S/C14H20FNO3/c1-9(2)13(8-17)16-7-10-4-5-11(12(15)6-10)14(18)19-3/h4-6,9,13,16-17H,7-8H2,1-3H3. The van der Waals surface area contributed by atoms with E-state index in [0.29, 0.717) is 12.1 Å². The molecule has 0 radical (unpaired) electrons. The molecule has 1 aromatic carbocycles. The molecule has 19 heavy (non-hydrogen) atoms. The number of benzene rings is 1. The maximum absolute atomic E-state index is 13.7. The molecular weight excluding hydrogens is 249 g/mol. The Morgan fingerprint density at radius 1 is 1.47 bits per heavy atom. The molecule has 0 aliphatic carbocycles. The van der Waals surface area contributed by atoms with E-state index < -0.39 is 11.8 Å². The largest absolute Gasteiger partial charge is 0.465 e. The lowest BCUT2D eigenvalue weighted by Crippen LogP contribution is -2.36. The van der Waals surface area contributed by atoms with Crippen LogP contribution in [0.15, 0.2) is 18.2 Å². The normalized spacial score (nSPS) is 12.5. The third-order valence-electron chi connectivity index (χ3n) is 3.01. The number of hydrogen-bond acceptors (Lipinski definition) is 4. The van der Waals surface area contributed by atoms with Gasteiger partial charge in [0.2, 0.25) is 0 Å². The highest BCUT2D eigenvalue weighted by Crippen LogP contribution is 2.12. The quantitative estimate of drug-likeness (QED) is 0.772. The molecular formula is C14H20FNO3. The summed E-state index contributed by atoms with van der Waals surface area (Å²) in [6, 6.07) is 4.33. The second-order valence-electron chi connectivity index (χ2n) is 4.72. The summed E-state index contributed by atoms with van der Waals surface area (Å²) in [7, 11) is 1.21. The van der Waals surface area contributed by atoms with Gasteiger partial charge in [-0.1, -0.05) is 19.9 Å². The van der Waals surface area contributed by atoms with Crippen LogP contribution in [0.2, 0.25) is 0 Å². The van der Waals surface area contributed by atoms with Crippen molar-refractivity contribution in [2.24, 2.45) is 5.92 Å². The molecule has 0 amide bonds. The summed E-state index contributed by atoms with van der Waals surface area (Å²) in [5, 5.41) is 12.3. The number of methoxy groups -OCH3 is 1. The first kappa shape index (κ1) is 15.6. The number of aliphatic hydroxyl groups is 1. The van der Waals surface area contributed by atoms with Gasteiger partial charge in [0.05, 0.1) is 19.3 Å². The molecule has 106 valence electrons.